The van der Waals surface area contributed by atoms with Gasteiger partial charge in [0.15, 0.2) is 8.32 Å². The molecule has 0 saturated heterocycles. The maximum absolute atomic E-state index is 8.09. The fraction of sp³-hybridized carbons (Fsp3) is 1.00. The zero-order valence-electron chi connectivity index (χ0n) is 15.9. The second kappa shape index (κ2) is 14.5. The summed E-state index contributed by atoms with van der Waals surface area (Å²) in [7, 11) is -5.80. The molecule has 0 aliphatic heterocycles. The van der Waals surface area contributed by atoms with Gasteiger partial charge in [0.05, 0.1) is 26.4 Å². The van der Waals surface area contributed by atoms with E-state index in [1.165, 1.54) is 0 Å². The summed E-state index contributed by atoms with van der Waals surface area (Å²) in [5.41, 5.74) is 0. The van der Waals surface area contributed by atoms with Crippen LogP contribution in [0.1, 0.15) is 0 Å². The Labute approximate surface area is 162 Å². The largest absolute Gasteiger partial charge is 0.442 e. The first-order valence-electron chi connectivity index (χ1n) is 7.73. The molecule has 11 heteroatoms. The zero-order valence-corrected chi connectivity index (χ0v) is 22.6. The molecule has 146 valence electrons. The van der Waals surface area contributed by atoms with Crippen molar-refractivity contribution in [1.82, 2.24) is 0 Å². The fourth-order valence-electron chi connectivity index (χ4n) is 1.96. The number of rotatable bonds is 10. The van der Waals surface area contributed by atoms with Crippen LogP contribution in [0.5, 0.6) is 0 Å². The molecule has 0 heterocycles. The van der Waals surface area contributed by atoms with Gasteiger partial charge in [-0.05, 0) is 45.8 Å². The molecule has 0 saturated carbocycles. The number of aliphatic hydroxyl groups is 2. The molecule has 0 amide bonds. The van der Waals surface area contributed by atoms with Crippen molar-refractivity contribution in [3.05, 3.63) is 0 Å². The van der Waals surface area contributed by atoms with Crippen LogP contribution in [0.25, 0.3) is 0 Å². The van der Waals surface area contributed by atoms with Crippen molar-refractivity contribution in [2.75, 3.05) is 26.4 Å². The molecule has 6 nitrogen and oxygen atoms in total. The summed E-state index contributed by atoms with van der Waals surface area (Å²) in [4.78, 5) is 0. The van der Waals surface area contributed by atoms with Crippen molar-refractivity contribution in [3.8, 4) is 0 Å². The summed E-state index contributed by atoms with van der Waals surface area (Å²) in [5, 5.41) is 16.2. The standard InChI is InChI=1S/C8H26O3Si4.C4H10O3.Pt/c1-12-9-14(5,6)11-15(7,8)10-13(2,3)4;5-1-3-7-4-2-6;/h12H2,1-8H3;5-6H,1-4H2;. The summed E-state index contributed by atoms with van der Waals surface area (Å²) in [6, 6.07) is 0. The van der Waals surface area contributed by atoms with Crippen molar-refractivity contribution in [2.24, 2.45) is 0 Å². The van der Waals surface area contributed by atoms with E-state index < -0.39 is 25.4 Å². The van der Waals surface area contributed by atoms with E-state index in [1.807, 2.05) is 0 Å². The second-order valence-corrected chi connectivity index (χ2v) is 19.8. The average Bonchev–Trinajstić information content (AvgIpc) is 2.25. The maximum Gasteiger partial charge on any atom is 0.312 e. The van der Waals surface area contributed by atoms with Gasteiger partial charge in [-0.2, -0.15) is 0 Å². The van der Waals surface area contributed by atoms with Gasteiger partial charge in [0, 0.05) is 21.1 Å². The third-order valence-corrected chi connectivity index (χ3v) is 14.3. The molecule has 0 unspecified atom stereocenters. The van der Waals surface area contributed by atoms with Crippen LogP contribution in [0.15, 0.2) is 0 Å². The Kier molecular flexibility index (Phi) is 18.3. The SMILES string of the molecule is C[SiH2]O[Si](C)(C)O[Si](C)(C)O[Si](C)(C)C.OCCOCCO.[Pt]. The fourth-order valence-corrected chi connectivity index (χ4v) is 16.7. The first-order valence-corrected chi connectivity index (χ1v) is 18.8. The van der Waals surface area contributed by atoms with Crippen molar-refractivity contribution < 1.29 is 48.4 Å². The molecule has 0 radical (unpaired) electrons. The molecule has 0 fully saturated rings. The summed E-state index contributed by atoms with van der Waals surface area (Å²) >= 11 is 0. The van der Waals surface area contributed by atoms with Gasteiger partial charge < -0.3 is 27.3 Å². The minimum atomic E-state index is -1.99. The Hall–Kier alpha value is 1.32. The zero-order chi connectivity index (χ0) is 17.9. The summed E-state index contributed by atoms with van der Waals surface area (Å²) in [5.74, 6) is 0. The molecular weight excluding hydrogens is 548 g/mol. The quantitative estimate of drug-likeness (QED) is 0.299. The summed E-state index contributed by atoms with van der Waals surface area (Å²) in [6.45, 7) is 17.9. The molecule has 0 aromatic heterocycles. The number of hydrogen-bond donors (Lipinski definition) is 2. The topological polar surface area (TPSA) is 77.4 Å². The molecule has 0 aliphatic carbocycles. The second-order valence-electron chi connectivity index (χ2n) is 6.61. The van der Waals surface area contributed by atoms with Crippen molar-refractivity contribution in [3.63, 3.8) is 0 Å². The van der Waals surface area contributed by atoms with Crippen LogP contribution in [0.3, 0.4) is 0 Å². The molecule has 2 N–H and O–H groups in total. The van der Waals surface area contributed by atoms with E-state index >= 15 is 0 Å². The Bertz CT molecular complexity index is 273. The van der Waals surface area contributed by atoms with Crippen LogP contribution in [0.2, 0.25) is 52.4 Å². The predicted octanol–water partition coefficient (Wildman–Crippen LogP) is 1.39. The third kappa shape index (κ3) is 23.3. The van der Waals surface area contributed by atoms with E-state index in [2.05, 4.69) is 57.1 Å². The van der Waals surface area contributed by atoms with Gasteiger partial charge in [0.1, 0.15) is 9.76 Å². The van der Waals surface area contributed by atoms with E-state index in [1.54, 1.807) is 0 Å². The first kappa shape index (κ1) is 29.1. The van der Waals surface area contributed by atoms with Gasteiger partial charge in [0.25, 0.3) is 0 Å². The predicted molar refractivity (Wildman–Crippen MR) is 101 cm³/mol. The van der Waals surface area contributed by atoms with E-state index in [-0.39, 0.29) is 44.0 Å². The van der Waals surface area contributed by atoms with Crippen molar-refractivity contribution in [1.29, 1.82) is 0 Å². The van der Waals surface area contributed by atoms with Crippen LogP contribution < -0.4 is 0 Å². The monoisotopic (exact) mass is 583 g/mol. The molecule has 0 bridgehead atoms. The number of ether oxygens (including phenoxy) is 1. The molecule has 23 heavy (non-hydrogen) atoms. The van der Waals surface area contributed by atoms with Crippen molar-refractivity contribution >= 4 is 35.2 Å². The Morgan fingerprint density at radius 1 is 0.783 bits per heavy atom. The van der Waals surface area contributed by atoms with E-state index in [0.717, 1.165) is 0 Å². The summed E-state index contributed by atoms with van der Waals surface area (Å²) in [6.07, 6.45) is 0. The van der Waals surface area contributed by atoms with Gasteiger partial charge in [-0.15, -0.1) is 0 Å². The molecule has 0 aromatic rings. The Morgan fingerprint density at radius 2 is 1.22 bits per heavy atom. The Morgan fingerprint density at radius 3 is 1.52 bits per heavy atom. The molecular formula is C12H36O6PtSi4. The van der Waals surface area contributed by atoms with Crippen LogP contribution in [-0.4, -0.2) is 71.8 Å². The van der Waals surface area contributed by atoms with Gasteiger partial charge in [0.2, 0.25) is 0 Å². The molecule has 0 atom stereocenters. The minimum Gasteiger partial charge on any atom is -0.442 e. The van der Waals surface area contributed by atoms with Gasteiger partial charge in [-0.3, -0.25) is 0 Å². The van der Waals surface area contributed by atoms with Gasteiger partial charge >= 0.3 is 17.1 Å². The number of aliphatic hydroxyl groups excluding tert-OH is 2. The van der Waals surface area contributed by atoms with Gasteiger partial charge in [-0.25, -0.2) is 0 Å². The van der Waals surface area contributed by atoms with E-state index in [9.17, 15) is 0 Å². The average molecular weight is 584 g/mol. The number of hydrogen-bond acceptors (Lipinski definition) is 6. The molecule has 0 spiro atoms. The van der Waals surface area contributed by atoms with Crippen LogP contribution in [0, 0.1) is 0 Å². The summed E-state index contributed by atoms with van der Waals surface area (Å²) < 4.78 is 22.7. The van der Waals surface area contributed by atoms with Crippen LogP contribution >= 0.6 is 0 Å². The van der Waals surface area contributed by atoms with Crippen LogP contribution in [0.4, 0.5) is 0 Å². The normalized spacial score (nSPS) is 12.8. The maximum atomic E-state index is 8.09. The van der Waals surface area contributed by atoms with E-state index in [0.29, 0.717) is 13.2 Å². The molecule has 0 rings (SSSR count). The van der Waals surface area contributed by atoms with Crippen molar-refractivity contribution in [2.45, 2.75) is 52.4 Å². The van der Waals surface area contributed by atoms with Gasteiger partial charge in [-0.1, -0.05) is 6.55 Å². The first-order chi connectivity index (χ1) is 9.89. The Balaban J connectivity index is -0.000000425. The third-order valence-electron chi connectivity index (χ3n) is 2.01. The molecule has 0 aromatic carbocycles. The van der Waals surface area contributed by atoms with E-state index in [4.69, 9.17) is 22.6 Å². The minimum absolute atomic E-state index is 0. The smallest absolute Gasteiger partial charge is 0.312 e. The van der Waals surface area contributed by atoms with Crippen LogP contribution in [-0.2, 0) is 38.1 Å². The molecule has 0 aliphatic rings.